The zero-order chi connectivity index (χ0) is 16.3. The Hall–Kier alpha value is -1.01. The number of allylic oxidation sites excluding steroid dienone is 1. The van der Waals surface area contributed by atoms with Gasteiger partial charge in [-0.25, -0.2) is 0 Å². The summed E-state index contributed by atoms with van der Waals surface area (Å²) in [6, 6.07) is 8.43. The molecule has 2 atom stereocenters. The summed E-state index contributed by atoms with van der Waals surface area (Å²) in [6.45, 7) is 2.40. The lowest BCUT2D eigenvalue weighted by molar-refractivity contribution is -0.144. The maximum Gasteiger partial charge on any atom is 0.421 e. The fourth-order valence-corrected chi connectivity index (χ4v) is 1.77. The minimum atomic E-state index is -4.69. The van der Waals surface area contributed by atoms with Crippen molar-refractivity contribution in [2.45, 2.75) is 29.9 Å². The van der Waals surface area contributed by atoms with Gasteiger partial charge in [-0.15, -0.1) is 0 Å². The van der Waals surface area contributed by atoms with Crippen molar-refractivity contribution in [1.29, 1.82) is 0 Å². The van der Waals surface area contributed by atoms with Gasteiger partial charge in [-0.2, -0.15) is 13.2 Å². The van der Waals surface area contributed by atoms with Crippen LogP contribution < -0.4 is 0 Å². The summed E-state index contributed by atoms with van der Waals surface area (Å²) in [5, 5.41) is 0. The Bertz CT molecular complexity index is 527. The molecule has 21 heavy (non-hydrogen) atoms. The second-order valence-corrected chi connectivity index (χ2v) is 6.58. The molecule has 2 nitrogen and oxygen atoms in total. The van der Waals surface area contributed by atoms with Crippen LogP contribution in [0.3, 0.4) is 0 Å². The van der Waals surface area contributed by atoms with Gasteiger partial charge in [0.1, 0.15) is 6.10 Å². The minimum absolute atomic E-state index is 0.216. The quantitative estimate of drug-likeness (QED) is 0.408. The third-order valence-electron chi connectivity index (χ3n) is 2.67. The molecule has 0 heterocycles. The summed E-state index contributed by atoms with van der Waals surface area (Å²) < 4.78 is 41.0. The third kappa shape index (κ3) is 4.74. The zero-order valence-electron chi connectivity index (χ0n) is 11.2. The van der Waals surface area contributed by atoms with E-state index in [2.05, 4.69) is 15.9 Å². The number of hydrogen-bond donors (Lipinski definition) is 0. The summed E-state index contributed by atoms with van der Waals surface area (Å²) in [5.74, 6) is -0.602. The van der Waals surface area contributed by atoms with Gasteiger partial charge in [0.2, 0.25) is 3.78 Å². The number of alkyl halides is 5. The molecule has 0 fully saturated rings. The van der Waals surface area contributed by atoms with Gasteiger partial charge in [-0.05, 0) is 24.1 Å². The van der Waals surface area contributed by atoms with E-state index in [9.17, 15) is 18.0 Å². The smallest absolute Gasteiger partial charge is 0.421 e. The van der Waals surface area contributed by atoms with Gasteiger partial charge in [0.15, 0.2) is 0 Å². The van der Waals surface area contributed by atoms with Crippen LogP contribution in [0.1, 0.15) is 25.5 Å². The Balaban J connectivity index is 3.17. The summed E-state index contributed by atoms with van der Waals surface area (Å²) >= 11 is 7.98. The monoisotopic (exact) mass is 384 g/mol. The summed E-state index contributed by atoms with van der Waals surface area (Å²) in [5.41, 5.74) is 0.334. The van der Waals surface area contributed by atoms with E-state index in [1.807, 2.05) is 0 Å². The number of carbonyl (C=O) groups excluding carboxylic acids is 1. The van der Waals surface area contributed by atoms with E-state index in [4.69, 9.17) is 16.3 Å². The highest BCUT2D eigenvalue weighted by Gasteiger charge is 2.53. The van der Waals surface area contributed by atoms with Crippen LogP contribution in [0.25, 0.3) is 0 Å². The molecule has 0 radical (unpaired) electrons. The molecule has 0 aliphatic rings. The van der Waals surface area contributed by atoms with E-state index in [0.717, 1.165) is 0 Å². The lowest BCUT2D eigenvalue weighted by Gasteiger charge is -2.25. The molecule has 0 aliphatic heterocycles. The second-order valence-electron chi connectivity index (χ2n) is 4.36. The van der Waals surface area contributed by atoms with E-state index < -0.39 is 22.0 Å². The van der Waals surface area contributed by atoms with Crippen LogP contribution in [0.2, 0.25) is 0 Å². The highest BCUT2D eigenvalue weighted by atomic mass is 79.9. The van der Waals surface area contributed by atoms with Crippen LogP contribution in [-0.2, 0) is 9.53 Å². The highest BCUT2D eigenvalue weighted by Crippen LogP contribution is 2.47. The summed E-state index contributed by atoms with van der Waals surface area (Å²) in [6.07, 6.45) is -4.46. The molecule has 0 amide bonds. The average Bonchev–Trinajstić information content (AvgIpc) is 2.37. The molecule has 0 aliphatic carbocycles. The molecule has 1 rings (SSSR count). The summed E-state index contributed by atoms with van der Waals surface area (Å²) in [7, 11) is 0. The van der Waals surface area contributed by atoms with Crippen LogP contribution in [0.15, 0.2) is 42.0 Å². The van der Waals surface area contributed by atoms with Gasteiger partial charge in [-0.1, -0.05) is 57.9 Å². The molecule has 0 aromatic heterocycles. The maximum absolute atomic E-state index is 12.9. The molecular weight excluding hydrogens is 373 g/mol. The molecule has 0 saturated heterocycles. The number of rotatable bonds is 4. The van der Waals surface area contributed by atoms with Gasteiger partial charge in [0.05, 0.1) is 0 Å². The topological polar surface area (TPSA) is 26.3 Å². The minimum Gasteiger partial charge on any atom is -0.453 e. The van der Waals surface area contributed by atoms with E-state index >= 15 is 0 Å². The van der Waals surface area contributed by atoms with E-state index in [0.29, 0.717) is 5.56 Å². The van der Waals surface area contributed by atoms with Crippen LogP contribution in [0.4, 0.5) is 13.2 Å². The molecule has 7 heteroatoms. The van der Waals surface area contributed by atoms with Crippen molar-refractivity contribution < 1.29 is 22.7 Å². The van der Waals surface area contributed by atoms with E-state index in [-0.39, 0.29) is 5.57 Å². The lowest BCUT2D eigenvalue weighted by atomic mass is 10.0. The first-order chi connectivity index (χ1) is 9.55. The van der Waals surface area contributed by atoms with Gasteiger partial charge in [0.25, 0.3) is 0 Å². The molecule has 0 bridgehead atoms. The number of carbonyl (C=O) groups is 1. The first-order valence-corrected chi connectivity index (χ1v) is 7.08. The zero-order valence-corrected chi connectivity index (χ0v) is 13.6. The molecular formula is C14H13BrClF3O2. The first kappa shape index (κ1) is 18.0. The number of benzene rings is 1. The van der Waals surface area contributed by atoms with Crippen molar-refractivity contribution in [3.8, 4) is 0 Å². The molecule has 0 N–H and O–H groups in total. The fourth-order valence-electron chi connectivity index (χ4n) is 1.58. The fraction of sp³-hybridized carbons (Fsp3) is 0.357. The van der Waals surface area contributed by atoms with Crippen molar-refractivity contribution in [2.24, 2.45) is 0 Å². The average molecular weight is 386 g/mol. The van der Waals surface area contributed by atoms with Crippen molar-refractivity contribution in [3.63, 3.8) is 0 Å². The molecule has 0 saturated carbocycles. The molecule has 0 spiro atoms. The summed E-state index contributed by atoms with van der Waals surface area (Å²) in [4.78, 5) is 11.1. The molecule has 2 unspecified atom stereocenters. The van der Waals surface area contributed by atoms with Crippen LogP contribution >= 0.6 is 27.5 Å². The van der Waals surface area contributed by atoms with Crippen LogP contribution in [0, 0.1) is 0 Å². The van der Waals surface area contributed by atoms with Gasteiger partial charge in [0, 0.05) is 6.92 Å². The van der Waals surface area contributed by atoms with Crippen molar-refractivity contribution in [1.82, 2.24) is 0 Å². The van der Waals surface area contributed by atoms with Gasteiger partial charge in [-0.3, -0.25) is 4.79 Å². The van der Waals surface area contributed by atoms with Crippen molar-refractivity contribution >= 4 is 33.5 Å². The largest absolute Gasteiger partial charge is 0.453 e. The standard InChI is InChI=1S/C14H13BrClF3O2/c1-9(13(15,16)14(17,18)19)8-12(21-10(2)20)11-6-4-3-5-7-11/h3-8,12H,1-2H3/b9-8+. The number of hydrogen-bond acceptors (Lipinski definition) is 2. The predicted molar refractivity (Wildman–Crippen MR) is 78.3 cm³/mol. The Kier molecular flexibility index (Phi) is 5.87. The lowest BCUT2D eigenvalue weighted by Crippen LogP contribution is -2.34. The second kappa shape index (κ2) is 6.83. The van der Waals surface area contributed by atoms with Gasteiger partial charge >= 0.3 is 12.1 Å². The Morgan fingerprint density at radius 3 is 2.24 bits per heavy atom. The maximum atomic E-state index is 12.9. The Morgan fingerprint density at radius 1 is 1.29 bits per heavy atom. The SMILES string of the molecule is CC(=O)OC(/C=C(\C)C(Cl)(Br)C(F)(F)F)c1ccccc1. The van der Waals surface area contributed by atoms with Crippen LogP contribution in [-0.4, -0.2) is 15.9 Å². The molecule has 1 aromatic rings. The molecule has 116 valence electrons. The van der Waals surface area contributed by atoms with Gasteiger partial charge < -0.3 is 4.74 Å². The highest BCUT2D eigenvalue weighted by molar-refractivity contribution is 9.10. The van der Waals surface area contributed by atoms with Crippen LogP contribution in [0.5, 0.6) is 0 Å². The van der Waals surface area contributed by atoms with Crippen molar-refractivity contribution in [2.75, 3.05) is 0 Å². The van der Waals surface area contributed by atoms with E-state index in [1.54, 1.807) is 30.3 Å². The third-order valence-corrected chi connectivity index (χ3v) is 4.26. The molecule has 1 aromatic carbocycles. The number of halogens is 5. The van der Waals surface area contributed by atoms with Crippen molar-refractivity contribution in [3.05, 3.63) is 47.5 Å². The number of esters is 1. The first-order valence-electron chi connectivity index (χ1n) is 5.91. The number of ether oxygens (including phenoxy) is 1. The van der Waals surface area contributed by atoms with E-state index in [1.165, 1.54) is 19.9 Å². The Morgan fingerprint density at radius 2 is 1.81 bits per heavy atom. The Labute approximate surface area is 134 Å². The predicted octanol–water partition coefficient (Wildman–Crippen LogP) is 5.13. The normalized spacial score (nSPS) is 17.0.